The van der Waals surface area contributed by atoms with Crippen molar-refractivity contribution in [1.82, 2.24) is 19.7 Å². The predicted molar refractivity (Wildman–Crippen MR) is 189 cm³/mol. The molecule has 6 rings (SSSR count). The summed E-state index contributed by atoms with van der Waals surface area (Å²) in [5.74, 6) is -5.94. The average Bonchev–Trinajstić information content (AvgIpc) is 3.70. The molecule has 0 fully saturated rings. The molecular weight excluding hydrogens is 700 g/mol. The number of aliphatic carboxylic acids is 1. The minimum Gasteiger partial charge on any atom is -0.478 e. The van der Waals surface area contributed by atoms with Gasteiger partial charge in [0.1, 0.15) is 17.4 Å². The number of nitrogens with one attached hydrogen (secondary N) is 1. The standard InChI is InChI=1S/C38H38F4N4O5S/c1-21(35(47)48)15-22-16-23(18-24(39)17-22)38(4)12-6-11-37(2,3)20-52(49,50)14-10-27-26-9-13-43-32(26)30(41)31(42)33(27)51-25-7-8-29(40)28(19-25)34-44-36(38)45-46(34)5/h7-9,13,15-19,43H,6,10-12,14,20H2,1-5H3,(H,47,48)/b21-15+. The van der Waals surface area contributed by atoms with Gasteiger partial charge in [0.25, 0.3) is 0 Å². The van der Waals surface area contributed by atoms with Crippen molar-refractivity contribution in [3.63, 3.8) is 0 Å². The maximum atomic E-state index is 15.7. The summed E-state index contributed by atoms with van der Waals surface area (Å²) < 4.78 is 96.3. The molecule has 0 saturated carbocycles. The van der Waals surface area contributed by atoms with Gasteiger partial charge in [-0.1, -0.05) is 26.3 Å². The summed E-state index contributed by atoms with van der Waals surface area (Å²) in [7, 11) is -2.21. The van der Waals surface area contributed by atoms with Gasteiger partial charge in [0, 0.05) is 29.8 Å². The first-order valence-electron chi connectivity index (χ1n) is 16.7. The SMILES string of the molecule is C/C(=C\c1cc(F)cc(C2(C)CCCC(C)(C)CS(=O)(=O)CCc3c(c(F)c(F)c4[nH]ccc34)Oc3ccc(F)c(c3)-c3nc2nn3C)c1)C(=O)O. The van der Waals surface area contributed by atoms with E-state index in [0.717, 1.165) is 6.07 Å². The highest BCUT2D eigenvalue weighted by Gasteiger charge is 2.37. The fraction of sp³-hybridized carbons (Fsp3) is 0.342. The molecule has 0 amide bonds. The highest BCUT2D eigenvalue weighted by Crippen LogP contribution is 2.42. The van der Waals surface area contributed by atoms with Crippen LogP contribution >= 0.6 is 0 Å². The van der Waals surface area contributed by atoms with Crippen LogP contribution in [0.3, 0.4) is 0 Å². The Bertz CT molecular complexity index is 2370. The molecule has 0 spiro atoms. The van der Waals surface area contributed by atoms with Crippen LogP contribution in [-0.4, -0.2) is 50.7 Å². The number of aryl methyl sites for hydroxylation is 2. The molecule has 2 N–H and O–H groups in total. The summed E-state index contributed by atoms with van der Waals surface area (Å²) in [4.78, 5) is 19.0. The molecule has 1 aliphatic rings. The molecule has 1 unspecified atom stereocenters. The van der Waals surface area contributed by atoms with E-state index in [-0.39, 0.29) is 62.9 Å². The number of benzene rings is 3. The number of ether oxygens (including phenoxy) is 1. The van der Waals surface area contributed by atoms with Crippen molar-refractivity contribution in [2.75, 3.05) is 11.5 Å². The van der Waals surface area contributed by atoms with Crippen LogP contribution in [0, 0.1) is 28.7 Å². The zero-order valence-corrected chi connectivity index (χ0v) is 30.1. The van der Waals surface area contributed by atoms with Crippen LogP contribution in [-0.2, 0) is 33.5 Å². The van der Waals surface area contributed by atoms with E-state index >= 15 is 17.6 Å². The quantitative estimate of drug-likeness (QED) is 0.141. The van der Waals surface area contributed by atoms with Crippen molar-refractivity contribution >= 4 is 32.8 Å². The normalized spacial score (nSPS) is 19.4. The number of H-pyrrole nitrogens is 1. The van der Waals surface area contributed by atoms with Crippen molar-refractivity contribution < 1.29 is 40.6 Å². The van der Waals surface area contributed by atoms with Gasteiger partial charge in [-0.2, -0.15) is 9.49 Å². The van der Waals surface area contributed by atoms with Gasteiger partial charge in [0.05, 0.1) is 28.0 Å². The minimum atomic E-state index is -3.76. The van der Waals surface area contributed by atoms with E-state index in [1.165, 1.54) is 54.2 Å². The van der Waals surface area contributed by atoms with E-state index in [1.807, 2.05) is 13.8 Å². The Hall–Kier alpha value is -4.98. The molecule has 3 heterocycles. The largest absolute Gasteiger partial charge is 0.478 e. The van der Waals surface area contributed by atoms with Gasteiger partial charge in [-0.15, -0.1) is 0 Å². The van der Waals surface area contributed by atoms with Crippen LogP contribution in [0.15, 0.2) is 54.2 Å². The van der Waals surface area contributed by atoms with Crippen LogP contribution < -0.4 is 4.74 Å². The van der Waals surface area contributed by atoms with Gasteiger partial charge >= 0.3 is 5.97 Å². The molecule has 4 bridgehead atoms. The smallest absolute Gasteiger partial charge is 0.331 e. The number of halogens is 4. The number of carboxylic acid groups (broad SMARTS) is 1. The lowest BCUT2D eigenvalue weighted by Gasteiger charge is -2.30. The first-order chi connectivity index (χ1) is 24.4. The second-order valence-corrected chi connectivity index (χ2v) is 16.6. The van der Waals surface area contributed by atoms with E-state index < -0.39 is 55.7 Å². The monoisotopic (exact) mass is 738 g/mol. The predicted octanol–water partition coefficient (Wildman–Crippen LogP) is 8.27. The van der Waals surface area contributed by atoms with Crippen molar-refractivity contribution in [2.24, 2.45) is 12.5 Å². The molecule has 14 heteroatoms. The zero-order chi connectivity index (χ0) is 37.7. The van der Waals surface area contributed by atoms with Gasteiger partial charge in [0.2, 0.25) is 5.82 Å². The van der Waals surface area contributed by atoms with Gasteiger partial charge in [-0.3, -0.25) is 0 Å². The van der Waals surface area contributed by atoms with Crippen LogP contribution in [0.4, 0.5) is 17.6 Å². The molecule has 0 radical (unpaired) electrons. The Kier molecular flexibility index (Phi) is 9.58. The number of aromatic nitrogens is 4. The number of carbonyl (C=O) groups is 1. The lowest BCUT2D eigenvalue weighted by atomic mass is 9.75. The number of hydrogen-bond acceptors (Lipinski definition) is 6. The van der Waals surface area contributed by atoms with Gasteiger partial charge in [0.15, 0.2) is 33.1 Å². The highest BCUT2D eigenvalue weighted by atomic mass is 32.2. The number of nitrogens with zero attached hydrogens (tertiary/aromatic N) is 3. The number of fused-ring (bicyclic) bond motifs is 8. The van der Waals surface area contributed by atoms with E-state index in [4.69, 9.17) is 9.72 Å². The maximum Gasteiger partial charge on any atom is 0.331 e. The summed E-state index contributed by atoms with van der Waals surface area (Å²) in [6.07, 6.45) is 3.76. The third-order valence-corrected chi connectivity index (χ3v) is 11.7. The van der Waals surface area contributed by atoms with E-state index in [1.54, 1.807) is 20.0 Å². The summed E-state index contributed by atoms with van der Waals surface area (Å²) in [5.41, 5.74) is -1.20. The Balaban J connectivity index is 1.54. The Morgan fingerprint density at radius 3 is 2.52 bits per heavy atom. The van der Waals surface area contributed by atoms with Gasteiger partial charge in [-0.05, 0) is 92.1 Å². The van der Waals surface area contributed by atoms with Crippen molar-refractivity contribution in [1.29, 1.82) is 0 Å². The molecule has 0 aliphatic carbocycles. The van der Waals surface area contributed by atoms with Crippen molar-refractivity contribution in [3.8, 4) is 22.9 Å². The number of aromatic amines is 1. The minimum absolute atomic E-state index is 0.00652. The molecule has 5 aromatic rings. The van der Waals surface area contributed by atoms with Gasteiger partial charge < -0.3 is 14.8 Å². The Labute approximate surface area is 298 Å². The lowest BCUT2D eigenvalue weighted by molar-refractivity contribution is -0.132. The summed E-state index contributed by atoms with van der Waals surface area (Å²) in [5, 5.41) is 14.3. The number of rotatable bonds is 3. The highest BCUT2D eigenvalue weighted by molar-refractivity contribution is 7.91. The topological polar surface area (TPSA) is 127 Å². The first-order valence-corrected chi connectivity index (χ1v) is 18.5. The molecule has 3 aromatic carbocycles. The molecule has 2 aromatic heterocycles. The molecule has 0 saturated heterocycles. The third kappa shape index (κ3) is 7.21. The molecule has 9 nitrogen and oxygen atoms in total. The zero-order valence-electron chi connectivity index (χ0n) is 29.3. The van der Waals surface area contributed by atoms with Crippen LogP contribution in [0.2, 0.25) is 0 Å². The third-order valence-electron chi connectivity index (χ3n) is 9.69. The van der Waals surface area contributed by atoms with E-state index in [0.29, 0.717) is 30.4 Å². The first kappa shape index (κ1) is 36.8. The van der Waals surface area contributed by atoms with E-state index in [9.17, 15) is 18.3 Å². The van der Waals surface area contributed by atoms with Crippen LogP contribution in [0.1, 0.15) is 69.5 Å². The lowest BCUT2D eigenvalue weighted by Crippen LogP contribution is -2.29. The Morgan fingerprint density at radius 2 is 1.79 bits per heavy atom. The second-order valence-electron chi connectivity index (χ2n) is 14.4. The summed E-state index contributed by atoms with van der Waals surface area (Å²) in [6.45, 7) is 6.84. The molecule has 52 heavy (non-hydrogen) atoms. The second kappa shape index (κ2) is 13.5. The van der Waals surface area contributed by atoms with E-state index in [2.05, 4.69) is 10.1 Å². The summed E-state index contributed by atoms with van der Waals surface area (Å²) >= 11 is 0. The van der Waals surface area contributed by atoms with Gasteiger partial charge in [-0.25, -0.2) is 36.0 Å². The fourth-order valence-electron chi connectivity index (χ4n) is 6.96. The van der Waals surface area contributed by atoms with Crippen molar-refractivity contribution in [2.45, 2.75) is 58.8 Å². The number of sulfone groups is 1. The van der Waals surface area contributed by atoms with Crippen molar-refractivity contribution in [3.05, 3.63) is 100 Å². The molecule has 1 atom stereocenters. The van der Waals surface area contributed by atoms with Crippen LogP contribution in [0.5, 0.6) is 11.5 Å². The summed E-state index contributed by atoms with van der Waals surface area (Å²) in [6, 6.07) is 9.28. The Morgan fingerprint density at radius 1 is 1.04 bits per heavy atom. The molecular formula is C38H38F4N4O5S. The maximum absolute atomic E-state index is 15.7. The molecule has 1 aliphatic heterocycles. The fourth-order valence-corrected chi connectivity index (χ4v) is 8.95. The number of carboxylic acids is 1. The molecule has 274 valence electrons. The number of hydrogen-bond donors (Lipinski definition) is 2. The van der Waals surface area contributed by atoms with Crippen LogP contribution in [0.25, 0.3) is 28.4 Å². The average molecular weight is 739 g/mol.